The van der Waals surface area contributed by atoms with Crippen LogP contribution in [-0.4, -0.2) is 7.11 Å². The zero-order valence-corrected chi connectivity index (χ0v) is 11.3. The van der Waals surface area contributed by atoms with Gasteiger partial charge in [-0.1, -0.05) is 24.3 Å². The van der Waals surface area contributed by atoms with Gasteiger partial charge < -0.3 is 9.15 Å². The molecule has 3 nitrogen and oxygen atoms in total. The maximum atomic E-state index is 11.8. The molecule has 100 valence electrons. The third-order valence-corrected chi connectivity index (χ3v) is 3.39. The average molecular weight is 266 g/mol. The molecule has 0 atom stereocenters. The summed E-state index contributed by atoms with van der Waals surface area (Å²) in [7, 11) is 1.59. The van der Waals surface area contributed by atoms with E-state index in [4.69, 9.17) is 9.15 Å². The minimum Gasteiger partial charge on any atom is -0.497 e. The van der Waals surface area contributed by atoms with Crippen molar-refractivity contribution in [2.24, 2.45) is 0 Å². The summed E-state index contributed by atoms with van der Waals surface area (Å²) in [4.78, 5) is 11.8. The van der Waals surface area contributed by atoms with Gasteiger partial charge >= 0.3 is 5.63 Å². The van der Waals surface area contributed by atoms with E-state index in [9.17, 15) is 4.79 Å². The summed E-state index contributed by atoms with van der Waals surface area (Å²) in [5.74, 6) is 0.669. The van der Waals surface area contributed by atoms with Crippen LogP contribution >= 0.6 is 0 Å². The minimum absolute atomic E-state index is 0.357. The Kier molecular flexibility index (Phi) is 3.03. The van der Waals surface area contributed by atoms with E-state index < -0.39 is 0 Å². The van der Waals surface area contributed by atoms with Gasteiger partial charge in [0.05, 0.1) is 7.11 Å². The van der Waals surface area contributed by atoms with Gasteiger partial charge in [-0.25, -0.2) is 4.79 Å². The van der Waals surface area contributed by atoms with E-state index >= 15 is 0 Å². The summed E-state index contributed by atoms with van der Waals surface area (Å²) < 4.78 is 10.4. The molecule has 3 rings (SSSR count). The van der Waals surface area contributed by atoms with E-state index in [-0.39, 0.29) is 5.63 Å². The van der Waals surface area contributed by atoms with Gasteiger partial charge in [-0.2, -0.15) is 0 Å². The molecule has 2 aromatic carbocycles. The Hall–Kier alpha value is -2.55. The molecule has 0 spiro atoms. The second-order valence-corrected chi connectivity index (χ2v) is 4.66. The number of ether oxygens (including phenoxy) is 1. The first-order chi connectivity index (χ1) is 9.69. The number of benzene rings is 2. The molecule has 1 heterocycles. The molecular formula is C17H14O3. The molecular weight excluding hydrogens is 252 g/mol. The van der Waals surface area contributed by atoms with Gasteiger partial charge in [0.15, 0.2) is 0 Å². The van der Waals surface area contributed by atoms with Gasteiger partial charge in [0, 0.05) is 23.1 Å². The van der Waals surface area contributed by atoms with Crippen LogP contribution in [-0.2, 0) is 0 Å². The number of methoxy groups -OCH3 is 1. The molecule has 3 aromatic rings. The third-order valence-electron chi connectivity index (χ3n) is 3.39. The van der Waals surface area contributed by atoms with Crippen molar-refractivity contribution in [2.75, 3.05) is 7.11 Å². The number of fused-ring (bicyclic) bond motifs is 1. The number of aryl methyl sites for hydroxylation is 1. The Labute approximate surface area is 116 Å². The lowest BCUT2D eigenvalue weighted by Gasteiger charge is -2.09. The molecule has 0 saturated carbocycles. The Bertz CT molecular complexity index is 831. The number of rotatable bonds is 2. The van der Waals surface area contributed by atoms with Crippen LogP contribution in [0.4, 0.5) is 0 Å². The van der Waals surface area contributed by atoms with E-state index in [0.717, 1.165) is 22.1 Å². The maximum absolute atomic E-state index is 11.8. The van der Waals surface area contributed by atoms with Gasteiger partial charge in [0.2, 0.25) is 0 Å². The van der Waals surface area contributed by atoms with E-state index in [2.05, 4.69) is 0 Å². The SMILES string of the molecule is COc1ccc2c(-c3ccccc3C)cc(=O)oc2c1. The number of hydrogen-bond donors (Lipinski definition) is 0. The first-order valence-corrected chi connectivity index (χ1v) is 6.37. The Morgan fingerprint density at radius 2 is 1.80 bits per heavy atom. The molecule has 0 aliphatic rings. The van der Waals surface area contributed by atoms with Crippen molar-refractivity contribution in [2.45, 2.75) is 6.92 Å². The van der Waals surface area contributed by atoms with Crippen molar-refractivity contribution in [3.63, 3.8) is 0 Å². The normalized spacial score (nSPS) is 10.7. The molecule has 20 heavy (non-hydrogen) atoms. The van der Waals surface area contributed by atoms with E-state index in [1.54, 1.807) is 13.2 Å². The predicted octanol–water partition coefficient (Wildman–Crippen LogP) is 3.78. The average Bonchev–Trinajstić information content (AvgIpc) is 2.46. The first kappa shape index (κ1) is 12.5. The quantitative estimate of drug-likeness (QED) is 0.663. The van der Waals surface area contributed by atoms with Gasteiger partial charge in [-0.15, -0.1) is 0 Å². The van der Waals surface area contributed by atoms with Crippen LogP contribution in [0.15, 0.2) is 57.7 Å². The molecule has 0 saturated heterocycles. The first-order valence-electron chi connectivity index (χ1n) is 6.37. The zero-order chi connectivity index (χ0) is 14.1. The third kappa shape index (κ3) is 2.07. The van der Waals surface area contributed by atoms with Crippen LogP contribution in [0.3, 0.4) is 0 Å². The van der Waals surface area contributed by atoms with Crippen LogP contribution in [0.2, 0.25) is 0 Å². The van der Waals surface area contributed by atoms with Crippen molar-refractivity contribution >= 4 is 11.0 Å². The van der Waals surface area contributed by atoms with Gasteiger partial charge in [-0.05, 0) is 30.2 Å². The molecule has 0 fully saturated rings. The Morgan fingerprint density at radius 1 is 1.00 bits per heavy atom. The van der Waals surface area contributed by atoms with Crippen molar-refractivity contribution in [3.05, 3.63) is 64.5 Å². The summed E-state index contributed by atoms with van der Waals surface area (Å²) in [5, 5.41) is 0.903. The second kappa shape index (κ2) is 4.85. The highest BCUT2D eigenvalue weighted by Gasteiger charge is 2.10. The summed E-state index contributed by atoms with van der Waals surface area (Å²) in [6.07, 6.45) is 0. The van der Waals surface area contributed by atoms with Gasteiger partial charge in [0.1, 0.15) is 11.3 Å². The minimum atomic E-state index is -0.357. The maximum Gasteiger partial charge on any atom is 0.336 e. The van der Waals surface area contributed by atoms with Crippen LogP contribution in [0, 0.1) is 6.92 Å². The number of hydrogen-bond acceptors (Lipinski definition) is 3. The van der Waals surface area contributed by atoms with Crippen molar-refractivity contribution in [1.29, 1.82) is 0 Å². The lowest BCUT2D eigenvalue weighted by Crippen LogP contribution is -1.99. The molecule has 0 N–H and O–H groups in total. The van der Waals surface area contributed by atoms with Crippen LogP contribution in [0.25, 0.3) is 22.1 Å². The summed E-state index contributed by atoms with van der Waals surface area (Å²) in [5.41, 5.74) is 3.22. The highest BCUT2D eigenvalue weighted by molar-refractivity contribution is 5.94. The van der Waals surface area contributed by atoms with Crippen molar-refractivity contribution in [1.82, 2.24) is 0 Å². The monoisotopic (exact) mass is 266 g/mol. The lowest BCUT2D eigenvalue weighted by atomic mass is 9.98. The molecule has 0 aliphatic heterocycles. The predicted molar refractivity (Wildman–Crippen MR) is 79.2 cm³/mol. The highest BCUT2D eigenvalue weighted by Crippen LogP contribution is 2.31. The molecule has 0 radical (unpaired) electrons. The van der Waals surface area contributed by atoms with Gasteiger partial charge in [0.25, 0.3) is 0 Å². The molecule has 0 unspecified atom stereocenters. The molecule has 0 amide bonds. The fourth-order valence-corrected chi connectivity index (χ4v) is 2.37. The largest absolute Gasteiger partial charge is 0.497 e. The fraction of sp³-hybridized carbons (Fsp3) is 0.118. The van der Waals surface area contributed by atoms with Crippen LogP contribution < -0.4 is 10.4 Å². The molecule has 3 heteroatoms. The van der Waals surface area contributed by atoms with Crippen LogP contribution in [0.5, 0.6) is 5.75 Å². The summed E-state index contributed by atoms with van der Waals surface area (Å²) >= 11 is 0. The molecule has 0 aliphatic carbocycles. The van der Waals surface area contributed by atoms with Crippen molar-refractivity contribution < 1.29 is 9.15 Å². The fourth-order valence-electron chi connectivity index (χ4n) is 2.37. The highest BCUT2D eigenvalue weighted by atomic mass is 16.5. The Morgan fingerprint density at radius 3 is 2.55 bits per heavy atom. The Balaban J connectivity index is 2.36. The van der Waals surface area contributed by atoms with Gasteiger partial charge in [-0.3, -0.25) is 0 Å². The second-order valence-electron chi connectivity index (χ2n) is 4.66. The topological polar surface area (TPSA) is 39.4 Å². The van der Waals surface area contributed by atoms with E-state index in [1.807, 2.05) is 43.3 Å². The standard InChI is InChI=1S/C17H14O3/c1-11-5-3-4-6-13(11)15-10-17(18)20-16-9-12(19-2)7-8-14(15)16/h3-10H,1-2H3. The van der Waals surface area contributed by atoms with E-state index in [1.165, 1.54) is 6.07 Å². The molecule has 0 bridgehead atoms. The lowest BCUT2D eigenvalue weighted by molar-refractivity contribution is 0.414. The summed E-state index contributed by atoms with van der Waals surface area (Å²) in [6.45, 7) is 2.03. The smallest absolute Gasteiger partial charge is 0.336 e. The zero-order valence-electron chi connectivity index (χ0n) is 11.3. The van der Waals surface area contributed by atoms with Crippen molar-refractivity contribution in [3.8, 4) is 16.9 Å². The van der Waals surface area contributed by atoms with Crippen LogP contribution in [0.1, 0.15) is 5.56 Å². The summed E-state index contributed by atoms with van der Waals surface area (Å²) in [6, 6.07) is 15.0. The van der Waals surface area contributed by atoms with E-state index in [0.29, 0.717) is 11.3 Å². The molecule has 1 aromatic heterocycles.